The molecule has 1 heterocycles. The van der Waals surface area contributed by atoms with Crippen molar-refractivity contribution in [3.63, 3.8) is 0 Å². The fourth-order valence-electron chi connectivity index (χ4n) is 0.241. The Labute approximate surface area is 35.1 Å². The molecule has 0 saturated carbocycles. The molecule has 0 aromatic heterocycles. The van der Waals surface area contributed by atoms with Crippen LogP contribution in [0.5, 0.6) is 0 Å². The lowest BCUT2D eigenvalue weighted by atomic mass is 11.0. The lowest BCUT2D eigenvalue weighted by Gasteiger charge is -2.09. The van der Waals surface area contributed by atoms with Gasteiger partial charge >= 0.3 is 0 Å². The molecule has 0 aromatic carbocycles. The van der Waals surface area contributed by atoms with Crippen LogP contribution in [0.2, 0.25) is 0 Å². The van der Waals surface area contributed by atoms with Crippen LogP contribution in [0.4, 0.5) is 0 Å². The van der Waals surface area contributed by atoms with E-state index in [1.54, 1.807) is 0 Å². The Hall–Kier alpha value is -0.160. The van der Waals surface area contributed by atoms with Crippen LogP contribution in [0.3, 0.4) is 0 Å². The van der Waals surface area contributed by atoms with Crippen LogP contribution in [0.1, 0.15) is 0 Å². The number of quaternary nitrogens is 1. The van der Waals surface area contributed by atoms with E-state index in [1.165, 1.54) is 5.01 Å². The first-order valence-corrected chi connectivity index (χ1v) is 1.78. The van der Waals surface area contributed by atoms with Crippen molar-refractivity contribution in [1.82, 2.24) is 5.01 Å². The van der Waals surface area contributed by atoms with Crippen molar-refractivity contribution < 1.29 is 10.5 Å². The Bertz CT molecular complexity index is 51.5. The second-order valence-corrected chi connectivity index (χ2v) is 1.27. The fourth-order valence-corrected chi connectivity index (χ4v) is 0.241. The Balaban J connectivity index is 2.13. The number of nitrogens with zero attached hydrogens (tertiary/aromatic N) is 1. The molecular weight excluding hydrogens is 84.0 g/mol. The lowest BCUT2D eigenvalue weighted by Crippen LogP contribution is -3.08. The topological polar surface area (TPSA) is 50.7 Å². The van der Waals surface area contributed by atoms with Crippen molar-refractivity contribution in [3.8, 4) is 0 Å². The first-order chi connectivity index (χ1) is 2.80. The summed E-state index contributed by atoms with van der Waals surface area (Å²) in [4.78, 5) is 0. The summed E-state index contributed by atoms with van der Waals surface area (Å²) in [6, 6.07) is 0. The van der Waals surface area contributed by atoms with Crippen LogP contribution in [-0.2, 0) is 0 Å². The Morgan fingerprint density at radius 1 is 1.67 bits per heavy atom. The van der Waals surface area contributed by atoms with Crippen LogP contribution in [0, 0.1) is 5.21 Å². The molecule has 1 rings (SSSR count). The van der Waals surface area contributed by atoms with Crippen LogP contribution in [0.25, 0.3) is 0 Å². The maximum absolute atomic E-state index is 9.69. The third kappa shape index (κ3) is 0.662. The van der Waals surface area contributed by atoms with Gasteiger partial charge in [0.25, 0.3) is 0 Å². The van der Waals surface area contributed by atoms with Crippen molar-refractivity contribution in [3.05, 3.63) is 5.21 Å². The van der Waals surface area contributed by atoms with E-state index in [4.69, 9.17) is 5.21 Å². The zero-order chi connectivity index (χ0) is 4.57. The van der Waals surface area contributed by atoms with Gasteiger partial charge in [-0.3, -0.25) is 0 Å². The summed E-state index contributed by atoms with van der Waals surface area (Å²) in [6.07, 6.45) is 0. The third-order valence-electron chi connectivity index (χ3n) is 0.718. The minimum atomic E-state index is -0.796. The van der Waals surface area contributed by atoms with Gasteiger partial charge in [-0.1, -0.05) is 0 Å². The molecule has 0 aliphatic carbocycles. The van der Waals surface area contributed by atoms with Crippen molar-refractivity contribution in [2.45, 2.75) is 0 Å². The van der Waals surface area contributed by atoms with E-state index in [0.29, 0.717) is 0 Å². The zero-order valence-electron chi connectivity index (χ0n) is 3.22. The van der Waals surface area contributed by atoms with E-state index in [9.17, 15) is 5.21 Å². The molecule has 0 spiro atoms. The molecule has 1 unspecified atom stereocenters. The highest BCUT2D eigenvalue weighted by Gasteiger charge is 2.23. The van der Waals surface area contributed by atoms with Gasteiger partial charge in [0, 0.05) is 0 Å². The highest BCUT2D eigenvalue weighted by atomic mass is 16.8. The number of hydrogen-bond acceptors (Lipinski definition) is 3. The van der Waals surface area contributed by atoms with Gasteiger partial charge in [0.15, 0.2) is 0 Å². The SMILES string of the molecule is [O-][NH+](O)N1CC1. The van der Waals surface area contributed by atoms with Gasteiger partial charge in [0.2, 0.25) is 0 Å². The summed E-state index contributed by atoms with van der Waals surface area (Å²) < 4.78 is 0. The highest BCUT2D eigenvalue weighted by Crippen LogP contribution is 1.88. The lowest BCUT2D eigenvalue weighted by molar-refractivity contribution is -1.13. The quantitative estimate of drug-likeness (QED) is 0.289. The zero-order valence-corrected chi connectivity index (χ0v) is 3.22. The smallest absolute Gasteiger partial charge is 0.0692 e. The molecule has 6 heavy (non-hydrogen) atoms. The molecule has 1 aliphatic rings. The third-order valence-corrected chi connectivity index (χ3v) is 0.718. The summed E-state index contributed by atoms with van der Waals surface area (Å²) in [5.41, 5.74) is 0. The largest absolute Gasteiger partial charge is 0.579 e. The van der Waals surface area contributed by atoms with E-state index in [0.717, 1.165) is 13.1 Å². The van der Waals surface area contributed by atoms with Gasteiger partial charge in [-0.05, 0) is 0 Å². The van der Waals surface area contributed by atoms with Crippen molar-refractivity contribution >= 4 is 0 Å². The first kappa shape index (κ1) is 4.01. The van der Waals surface area contributed by atoms with Gasteiger partial charge in [0.05, 0.1) is 13.1 Å². The predicted octanol–water partition coefficient (Wildman–Crippen LogP) is -2.01. The molecule has 2 N–H and O–H groups in total. The molecule has 1 fully saturated rings. The van der Waals surface area contributed by atoms with Crippen molar-refractivity contribution in [1.29, 1.82) is 0 Å². The molecule has 1 atom stereocenters. The first-order valence-electron chi connectivity index (χ1n) is 1.78. The summed E-state index contributed by atoms with van der Waals surface area (Å²) in [5.74, 6) is 0. The Kier molecular flexibility index (Phi) is 0.776. The molecule has 1 aliphatic heterocycles. The van der Waals surface area contributed by atoms with Gasteiger partial charge in [-0.2, -0.15) is 5.21 Å². The molecule has 0 radical (unpaired) electrons. The molecule has 0 aromatic rings. The fraction of sp³-hybridized carbons (Fsp3) is 1.00. The molecule has 1 saturated heterocycles. The molecule has 4 nitrogen and oxygen atoms in total. The monoisotopic (exact) mass is 90.0 g/mol. The maximum Gasteiger partial charge on any atom is 0.0692 e. The van der Waals surface area contributed by atoms with Crippen LogP contribution >= 0.6 is 0 Å². The van der Waals surface area contributed by atoms with Gasteiger partial charge in [-0.25, -0.2) is 0 Å². The second kappa shape index (κ2) is 1.16. The number of rotatable bonds is 1. The summed E-state index contributed by atoms with van der Waals surface area (Å²) >= 11 is 0. The van der Waals surface area contributed by atoms with E-state index in [2.05, 4.69) is 0 Å². The summed E-state index contributed by atoms with van der Waals surface area (Å²) in [6.45, 7) is 1.46. The van der Waals surface area contributed by atoms with E-state index in [1.807, 2.05) is 0 Å². The Morgan fingerprint density at radius 2 is 2.17 bits per heavy atom. The minimum absolute atomic E-state index is 0.731. The van der Waals surface area contributed by atoms with Crippen LogP contribution in [-0.4, -0.2) is 23.3 Å². The van der Waals surface area contributed by atoms with Crippen LogP contribution < -0.4 is 5.34 Å². The average Bonchev–Trinajstić information content (AvgIpc) is 2.06. The van der Waals surface area contributed by atoms with Gasteiger partial charge in [-0.15, -0.1) is 10.3 Å². The average molecular weight is 90.1 g/mol. The van der Waals surface area contributed by atoms with Gasteiger partial charge < -0.3 is 5.21 Å². The minimum Gasteiger partial charge on any atom is -0.579 e. The molecule has 0 bridgehead atoms. The Morgan fingerprint density at radius 3 is 2.17 bits per heavy atom. The summed E-state index contributed by atoms with van der Waals surface area (Å²) in [5, 5.41) is 18.2. The van der Waals surface area contributed by atoms with Crippen LogP contribution in [0.15, 0.2) is 0 Å². The highest BCUT2D eigenvalue weighted by molar-refractivity contribution is 4.57. The van der Waals surface area contributed by atoms with E-state index in [-0.39, 0.29) is 0 Å². The standard InChI is InChI=1S/C2H6N2O2/c5-4(6)3-1-2-3/h4-5H,1-2H2. The molecular formula is C2H6N2O2. The number of nitrogens with one attached hydrogen (secondary N) is 1. The molecule has 36 valence electrons. The normalized spacial score (nSPS) is 27.0. The predicted molar refractivity (Wildman–Crippen MR) is 17.7 cm³/mol. The van der Waals surface area contributed by atoms with E-state index >= 15 is 0 Å². The van der Waals surface area contributed by atoms with Crippen molar-refractivity contribution in [2.24, 2.45) is 0 Å². The number of hydrogen-bond donors (Lipinski definition) is 2. The van der Waals surface area contributed by atoms with Crippen molar-refractivity contribution in [2.75, 3.05) is 13.1 Å². The molecule has 0 amide bonds. The summed E-state index contributed by atoms with van der Waals surface area (Å²) in [7, 11) is 0. The van der Waals surface area contributed by atoms with Gasteiger partial charge in [0.1, 0.15) is 0 Å². The second-order valence-electron chi connectivity index (χ2n) is 1.27. The maximum atomic E-state index is 9.69. The molecule has 4 heteroatoms. The van der Waals surface area contributed by atoms with E-state index < -0.39 is 5.34 Å².